The summed E-state index contributed by atoms with van der Waals surface area (Å²) in [5, 5.41) is 0. The second-order valence-corrected chi connectivity index (χ2v) is 5.84. The van der Waals surface area contributed by atoms with Crippen LogP contribution in [-0.4, -0.2) is 31.1 Å². The number of nitrogens with zero attached hydrogens (tertiary/aromatic N) is 1. The van der Waals surface area contributed by atoms with Crippen molar-refractivity contribution in [3.63, 3.8) is 0 Å². The molecule has 1 aromatic rings. The molecule has 1 aliphatic heterocycles. The van der Waals surface area contributed by atoms with Crippen LogP contribution in [-0.2, 0) is 9.53 Å². The minimum absolute atomic E-state index is 0.0446. The number of methoxy groups -OCH3 is 1. The lowest BCUT2D eigenvalue weighted by atomic mass is 10.0. The Morgan fingerprint density at radius 3 is 2.43 bits per heavy atom. The van der Waals surface area contributed by atoms with Gasteiger partial charge in [-0.2, -0.15) is 0 Å². The van der Waals surface area contributed by atoms with Gasteiger partial charge in [0.15, 0.2) is 0 Å². The van der Waals surface area contributed by atoms with Gasteiger partial charge in [0.25, 0.3) is 0 Å². The van der Waals surface area contributed by atoms with Gasteiger partial charge in [-0.05, 0) is 18.4 Å². The normalized spacial score (nSPS) is 19.3. The van der Waals surface area contributed by atoms with Crippen molar-refractivity contribution in [3.8, 4) is 0 Å². The van der Waals surface area contributed by atoms with Crippen LogP contribution in [0.2, 0.25) is 0 Å². The number of carbonyl (C=O) groups is 1. The molecule has 21 heavy (non-hydrogen) atoms. The molecule has 1 amide bonds. The second-order valence-electron chi connectivity index (χ2n) is 5.84. The third kappa shape index (κ3) is 4.85. The number of hydrogen-bond donors (Lipinski definition) is 0. The van der Waals surface area contributed by atoms with Crippen molar-refractivity contribution in [2.24, 2.45) is 0 Å². The van der Waals surface area contributed by atoms with Crippen LogP contribution in [0.5, 0.6) is 0 Å². The Morgan fingerprint density at radius 2 is 1.71 bits per heavy atom. The smallest absolute Gasteiger partial charge is 0.223 e. The van der Waals surface area contributed by atoms with Crippen LogP contribution in [0.4, 0.5) is 0 Å². The van der Waals surface area contributed by atoms with Gasteiger partial charge in [0.05, 0.1) is 12.6 Å². The summed E-state index contributed by atoms with van der Waals surface area (Å²) >= 11 is 0. The van der Waals surface area contributed by atoms with Crippen molar-refractivity contribution >= 4 is 5.91 Å². The maximum atomic E-state index is 12.6. The molecule has 1 fully saturated rings. The zero-order valence-electron chi connectivity index (χ0n) is 13.1. The molecule has 116 valence electrons. The molecule has 0 radical (unpaired) electrons. The van der Waals surface area contributed by atoms with E-state index in [1.54, 1.807) is 7.11 Å². The molecular weight excluding hydrogens is 262 g/mol. The molecule has 0 aromatic heterocycles. The van der Waals surface area contributed by atoms with E-state index in [0.29, 0.717) is 13.0 Å². The van der Waals surface area contributed by atoms with Crippen molar-refractivity contribution < 1.29 is 9.53 Å². The molecule has 0 aliphatic carbocycles. The SMILES string of the molecule is COC[C@@H](c1ccccc1)N1CCCCCCCCC1=O. The number of hydrogen-bond acceptors (Lipinski definition) is 2. The molecule has 1 saturated heterocycles. The van der Waals surface area contributed by atoms with Crippen LogP contribution in [0.1, 0.15) is 56.6 Å². The Labute approximate surface area is 128 Å². The summed E-state index contributed by atoms with van der Waals surface area (Å²) in [6.45, 7) is 1.41. The number of amides is 1. The van der Waals surface area contributed by atoms with Gasteiger partial charge in [-0.15, -0.1) is 0 Å². The van der Waals surface area contributed by atoms with Gasteiger partial charge in [0.1, 0.15) is 0 Å². The zero-order valence-corrected chi connectivity index (χ0v) is 13.1. The summed E-state index contributed by atoms with van der Waals surface area (Å²) in [6.07, 6.45) is 7.75. The van der Waals surface area contributed by atoms with Crippen LogP contribution in [0.25, 0.3) is 0 Å². The highest BCUT2D eigenvalue weighted by molar-refractivity contribution is 5.76. The van der Waals surface area contributed by atoms with Crippen molar-refractivity contribution in [3.05, 3.63) is 35.9 Å². The van der Waals surface area contributed by atoms with Gasteiger partial charge in [0.2, 0.25) is 5.91 Å². The summed E-state index contributed by atoms with van der Waals surface area (Å²) in [6, 6.07) is 10.3. The van der Waals surface area contributed by atoms with Gasteiger partial charge in [-0.1, -0.05) is 56.0 Å². The van der Waals surface area contributed by atoms with Gasteiger partial charge >= 0.3 is 0 Å². The van der Waals surface area contributed by atoms with Crippen LogP contribution >= 0.6 is 0 Å². The van der Waals surface area contributed by atoms with E-state index < -0.39 is 0 Å². The molecule has 3 nitrogen and oxygen atoms in total. The van der Waals surface area contributed by atoms with E-state index in [4.69, 9.17) is 4.74 Å². The average molecular weight is 289 g/mol. The first-order valence-electron chi connectivity index (χ1n) is 8.16. The summed E-state index contributed by atoms with van der Waals surface area (Å²) < 4.78 is 5.39. The first-order valence-corrected chi connectivity index (χ1v) is 8.16. The Bertz CT molecular complexity index is 418. The number of benzene rings is 1. The molecule has 1 atom stereocenters. The van der Waals surface area contributed by atoms with Crippen LogP contribution in [0.3, 0.4) is 0 Å². The molecule has 2 rings (SSSR count). The van der Waals surface area contributed by atoms with Crippen molar-refractivity contribution in [2.75, 3.05) is 20.3 Å². The summed E-state index contributed by atoms with van der Waals surface area (Å²) in [4.78, 5) is 14.6. The van der Waals surface area contributed by atoms with E-state index in [0.717, 1.165) is 19.4 Å². The summed E-state index contributed by atoms with van der Waals surface area (Å²) in [7, 11) is 1.71. The molecule has 3 heteroatoms. The van der Waals surface area contributed by atoms with E-state index in [9.17, 15) is 4.79 Å². The lowest BCUT2D eigenvalue weighted by Crippen LogP contribution is -2.38. The molecule has 0 bridgehead atoms. The topological polar surface area (TPSA) is 29.5 Å². The average Bonchev–Trinajstić information content (AvgIpc) is 2.53. The Balaban J connectivity index is 2.15. The van der Waals surface area contributed by atoms with Crippen molar-refractivity contribution in [1.82, 2.24) is 4.90 Å². The van der Waals surface area contributed by atoms with E-state index in [1.165, 1.54) is 31.2 Å². The van der Waals surface area contributed by atoms with Crippen LogP contribution < -0.4 is 0 Å². The van der Waals surface area contributed by atoms with E-state index in [2.05, 4.69) is 12.1 Å². The number of ether oxygens (including phenoxy) is 1. The van der Waals surface area contributed by atoms with Crippen LogP contribution in [0.15, 0.2) is 30.3 Å². The van der Waals surface area contributed by atoms with Crippen molar-refractivity contribution in [1.29, 1.82) is 0 Å². The van der Waals surface area contributed by atoms with Gasteiger partial charge < -0.3 is 9.64 Å². The highest BCUT2D eigenvalue weighted by atomic mass is 16.5. The molecule has 1 aliphatic rings. The van der Waals surface area contributed by atoms with Crippen molar-refractivity contribution in [2.45, 2.75) is 51.0 Å². The highest BCUT2D eigenvalue weighted by Gasteiger charge is 2.24. The molecule has 0 N–H and O–H groups in total. The van der Waals surface area contributed by atoms with E-state index >= 15 is 0 Å². The minimum Gasteiger partial charge on any atom is -0.382 e. The van der Waals surface area contributed by atoms with E-state index in [-0.39, 0.29) is 11.9 Å². The lowest BCUT2D eigenvalue weighted by Gasteiger charge is -2.32. The Kier molecular flexibility index (Phi) is 6.74. The predicted octanol–water partition coefficient (Wildman–Crippen LogP) is 3.95. The quantitative estimate of drug-likeness (QED) is 0.840. The minimum atomic E-state index is 0.0446. The first kappa shape index (κ1) is 16.0. The zero-order chi connectivity index (χ0) is 14.9. The highest BCUT2D eigenvalue weighted by Crippen LogP contribution is 2.24. The Hall–Kier alpha value is -1.35. The molecule has 1 aromatic carbocycles. The lowest BCUT2D eigenvalue weighted by molar-refractivity contribution is -0.135. The van der Waals surface area contributed by atoms with Gasteiger partial charge in [-0.25, -0.2) is 0 Å². The fraction of sp³-hybridized carbons (Fsp3) is 0.611. The van der Waals surface area contributed by atoms with Gasteiger partial charge in [-0.3, -0.25) is 4.79 Å². The number of carbonyl (C=O) groups excluding carboxylic acids is 1. The largest absolute Gasteiger partial charge is 0.382 e. The molecule has 0 spiro atoms. The third-order valence-electron chi connectivity index (χ3n) is 4.25. The standard InChI is InChI=1S/C18H27NO2/c1-21-15-17(16-11-7-6-8-12-16)19-14-10-5-3-2-4-9-13-18(19)20/h6-8,11-12,17H,2-5,9-10,13-15H2,1H3/t17-/m0/s1. The first-order chi connectivity index (χ1) is 10.3. The van der Waals surface area contributed by atoms with Crippen LogP contribution in [0, 0.1) is 0 Å². The fourth-order valence-electron chi connectivity index (χ4n) is 3.06. The third-order valence-corrected chi connectivity index (χ3v) is 4.25. The molecule has 0 unspecified atom stereocenters. The maximum Gasteiger partial charge on any atom is 0.223 e. The molecule has 0 saturated carbocycles. The second kappa shape index (κ2) is 8.83. The van der Waals surface area contributed by atoms with Gasteiger partial charge in [0, 0.05) is 20.1 Å². The molecule has 1 heterocycles. The molecular formula is C18H27NO2. The summed E-state index contributed by atoms with van der Waals surface area (Å²) in [5.74, 6) is 0.280. The maximum absolute atomic E-state index is 12.6. The fourth-order valence-corrected chi connectivity index (χ4v) is 3.06. The number of rotatable bonds is 4. The summed E-state index contributed by atoms with van der Waals surface area (Å²) in [5.41, 5.74) is 1.17. The predicted molar refractivity (Wildman–Crippen MR) is 85.1 cm³/mol. The van der Waals surface area contributed by atoms with E-state index in [1.807, 2.05) is 23.1 Å². The monoisotopic (exact) mass is 289 g/mol. The Morgan fingerprint density at radius 1 is 1.05 bits per heavy atom.